The van der Waals surface area contributed by atoms with Gasteiger partial charge in [0.25, 0.3) is 0 Å². The molecule has 0 aliphatic carbocycles. The maximum atomic E-state index is 13.0. The van der Waals surface area contributed by atoms with Gasteiger partial charge in [-0.15, -0.1) is 0 Å². The number of sulfonamides is 1. The molecule has 1 aliphatic rings. The summed E-state index contributed by atoms with van der Waals surface area (Å²) in [6, 6.07) is 15.9. The average molecular weight is 454 g/mol. The Morgan fingerprint density at radius 1 is 1.03 bits per heavy atom. The summed E-state index contributed by atoms with van der Waals surface area (Å²) in [5, 5.41) is 2.79. The van der Waals surface area contributed by atoms with Gasteiger partial charge in [0.15, 0.2) is 0 Å². The zero-order valence-electron chi connectivity index (χ0n) is 18.1. The second-order valence-electron chi connectivity index (χ2n) is 7.96. The third-order valence-electron chi connectivity index (χ3n) is 5.56. The van der Waals surface area contributed by atoms with Crippen LogP contribution in [0.5, 0.6) is 0 Å². The number of hydrogen-bond acceptors (Lipinski definition) is 5. The molecule has 0 unspecified atom stereocenters. The molecule has 1 aliphatic heterocycles. The predicted molar refractivity (Wildman–Crippen MR) is 123 cm³/mol. The summed E-state index contributed by atoms with van der Waals surface area (Å²) in [5.41, 5.74) is 1.83. The quantitative estimate of drug-likeness (QED) is 0.597. The van der Waals surface area contributed by atoms with Crippen LogP contribution in [0.1, 0.15) is 37.1 Å². The first-order valence-corrected chi connectivity index (χ1v) is 12.3. The van der Waals surface area contributed by atoms with E-state index in [1.165, 1.54) is 6.07 Å². The first kappa shape index (κ1) is 22.2. The molecule has 1 saturated heterocycles. The van der Waals surface area contributed by atoms with E-state index in [0.29, 0.717) is 36.1 Å². The smallest absolute Gasteiger partial charge is 0.243 e. The Kier molecular flexibility index (Phi) is 6.72. The van der Waals surface area contributed by atoms with Crippen LogP contribution in [0.3, 0.4) is 0 Å². The van der Waals surface area contributed by atoms with E-state index >= 15 is 0 Å². The van der Waals surface area contributed by atoms with Crippen molar-refractivity contribution in [1.29, 1.82) is 0 Å². The van der Waals surface area contributed by atoms with E-state index in [1.807, 2.05) is 30.3 Å². The number of nitrogens with one attached hydrogen (secondary N) is 1. The van der Waals surface area contributed by atoms with Crippen LogP contribution in [0.4, 0.5) is 5.69 Å². The molecule has 1 amide bonds. The lowest BCUT2D eigenvalue weighted by atomic mass is 10.2. The molecule has 1 N–H and O–H groups in total. The maximum Gasteiger partial charge on any atom is 0.243 e. The Hall–Kier alpha value is -2.97. The second-order valence-corrected chi connectivity index (χ2v) is 9.90. The van der Waals surface area contributed by atoms with Crippen molar-refractivity contribution in [2.45, 2.75) is 43.9 Å². The molecule has 1 fully saturated rings. The van der Waals surface area contributed by atoms with E-state index < -0.39 is 10.0 Å². The fraction of sp³-hybridized carbons (Fsp3) is 0.333. The summed E-state index contributed by atoms with van der Waals surface area (Å²) in [6.07, 6.45) is 3.88. The first-order chi connectivity index (χ1) is 15.4. The van der Waals surface area contributed by atoms with Crippen LogP contribution in [-0.4, -0.2) is 36.7 Å². The summed E-state index contributed by atoms with van der Waals surface area (Å²) in [7, 11) is -3.58. The van der Waals surface area contributed by atoms with E-state index in [1.54, 1.807) is 29.4 Å². The van der Waals surface area contributed by atoms with Crippen LogP contribution in [0.15, 0.2) is 63.9 Å². The zero-order valence-corrected chi connectivity index (χ0v) is 18.9. The van der Waals surface area contributed by atoms with E-state index in [9.17, 15) is 13.2 Å². The van der Waals surface area contributed by atoms with Gasteiger partial charge in [-0.2, -0.15) is 4.31 Å². The van der Waals surface area contributed by atoms with Crippen LogP contribution in [-0.2, 0) is 21.2 Å². The lowest BCUT2D eigenvalue weighted by Crippen LogP contribution is -2.32. The number of aromatic nitrogens is 1. The van der Waals surface area contributed by atoms with Gasteiger partial charge in [-0.1, -0.05) is 37.1 Å². The molecule has 0 bridgehead atoms. The molecule has 0 saturated carbocycles. The molecule has 2 heterocycles. The fourth-order valence-corrected chi connectivity index (χ4v) is 5.38. The Morgan fingerprint density at radius 3 is 2.47 bits per heavy atom. The minimum Gasteiger partial charge on any atom is -0.441 e. The number of carbonyl (C=O) groups is 1. The minimum atomic E-state index is -3.58. The molecular weight excluding hydrogens is 426 g/mol. The molecule has 8 heteroatoms. The highest BCUT2D eigenvalue weighted by molar-refractivity contribution is 7.89. The third kappa shape index (κ3) is 5.08. The number of hydrogen-bond donors (Lipinski definition) is 1. The topological polar surface area (TPSA) is 92.5 Å². The Balaban J connectivity index is 1.46. The number of benzene rings is 2. The van der Waals surface area contributed by atoms with Gasteiger partial charge in [0.2, 0.25) is 21.8 Å². The Labute approximate surface area is 188 Å². The van der Waals surface area contributed by atoms with Gasteiger partial charge >= 0.3 is 0 Å². The fourth-order valence-electron chi connectivity index (χ4n) is 3.82. The molecule has 0 spiro atoms. The number of nitrogens with zero attached hydrogens (tertiary/aromatic N) is 2. The SMILES string of the molecule is Cc1oc(-c2ccccc2)nc1CC(=O)Nc1cccc(S(=O)(=O)N2CCCCCC2)c1. The number of carbonyl (C=O) groups excluding carboxylic acids is 1. The van der Waals surface area contributed by atoms with Gasteiger partial charge in [-0.25, -0.2) is 13.4 Å². The van der Waals surface area contributed by atoms with Crippen molar-refractivity contribution >= 4 is 21.6 Å². The summed E-state index contributed by atoms with van der Waals surface area (Å²) in [4.78, 5) is 17.3. The third-order valence-corrected chi connectivity index (χ3v) is 7.46. The van der Waals surface area contributed by atoms with Gasteiger partial charge in [-0.3, -0.25) is 4.79 Å². The molecule has 7 nitrogen and oxygen atoms in total. The zero-order chi connectivity index (χ0) is 22.6. The molecular formula is C24H27N3O4S. The number of oxazole rings is 1. The van der Waals surface area contributed by atoms with Gasteiger partial charge in [0, 0.05) is 24.3 Å². The van der Waals surface area contributed by atoms with Crippen LogP contribution >= 0.6 is 0 Å². The van der Waals surface area contributed by atoms with E-state index in [-0.39, 0.29) is 17.2 Å². The molecule has 168 valence electrons. The van der Waals surface area contributed by atoms with Gasteiger partial charge in [-0.05, 0) is 50.1 Å². The molecule has 4 rings (SSSR count). The molecule has 2 aromatic carbocycles. The predicted octanol–water partition coefficient (Wildman–Crippen LogP) is 4.40. The largest absolute Gasteiger partial charge is 0.441 e. The van der Waals surface area contributed by atoms with Gasteiger partial charge in [0.1, 0.15) is 5.76 Å². The van der Waals surface area contributed by atoms with E-state index in [4.69, 9.17) is 4.42 Å². The van der Waals surface area contributed by atoms with Crippen LogP contribution in [0.25, 0.3) is 11.5 Å². The number of rotatable bonds is 6. The normalized spacial score (nSPS) is 15.3. The lowest BCUT2D eigenvalue weighted by Gasteiger charge is -2.20. The van der Waals surface area contributed by atoms with Crippen molar-refractivity contribution in [2.24, 2.45) is 0 Å². The second kappa shape index (κ2) is 9.67. The Bertz CT molecular complexity index is 1180. The van der Waals surface area contributed by atoms with Crippen molar-refractivity contribution in [3.8, 4) is 11.5 Å². The van der Waals surface area contributed by atoms with E-state index in [2.05, 4.69) is 10.3 Å². The molecule has 0 radical (unpaired) electrons. The molecule has 3 aromatic rings. The van der Waals surface area contributed by atoms with Crippen molar-refractivity contribution < 1.29 is 17.6 Å². The Morgan fingerprint density at radius 2 is 1.75 bits per heavy atom. The van der Waals surface area contributed by atoms with Crippen molar-refractivity contribution in [3.05, 3.63) is 66.1 Å². The van der Waals surface area contributed by atoms with Crippen molar-refractivity contribution in [2.75, 3.05) is 18.4 Å². The summed E-state index contributed by atoms with van der Waals surface area (Å²) < 4.78 is 33.3. The molecule has 0 atom stereocenters. The highest BCUT2D eigenvalue weighted by atomic mass is 32.2. The minimum absolute atomic E-state index is 0.0330. The average Bonchev–Trinajstić information content (AvgIpc) is 2.98. The lowest BCUT2D eigenvalue weighted by molar-refractivity contribution is -0.115. The summed E-state index contributed by atoms with van der Waals surface area (Å²) >= 11 is 0. The highest BCUT2D eigenvalue weighted by Crippen LogP contribution is 2.24. The molecule has 1 aromatic heterocycles. The van der Waals surface area contributed by atoms with Gasteiger partial charge in [0.05, 0.1) is 17.0 Å². The molecule has 32 heavy (non-hydrogen) atoms. The maximum absolute atomic E-state index is 13.0. The van der Waals surface area contributed by atoms with Crippen molar-refractivity contribution in [1.82, 2.24) is 9.29 Å². The van der Waals surface area contributed by atoms with Crippen molar-refractivity contribution in [3.63, 3.8) is 0 Å². The van der Waals surface area contributed by atoms with Crippen LogP contribution in [0.2, 0.25) is 0 Å². The summed E-state index contributed by atoms with van der Waals surface area (Å²) in [6.45, 7) is 2.85. The standard InChI is InChI=1S/C24H27N3O4S/c1-18-22(26-24(31-18)19-10-5-4-6-11-19)17-23(28)25-20-12-9-13-21(16-20)32(29,30)27-14-7-2-3-8-15-27/h4-6,9-13,16H,2-3,7-8,14-15,17H2,1H3,(H,25,28). The van der Waals surface area contributed by atoms with E-state index in [0.717, 1.165) is 31.2 Å². The number of amides is 1. The van der Waals surface area contributed by atoms with Crippen LogP contribution < -0.4 is 5.32 Å². The number of aryl methyl sites for hydroxylation is 1. The number of anilines is 1. The van der Waals surface area contributed by atoms with Gasteiger partial charge < -0.3 is 9.73 Å². The highest BCUT2D eigenvalue weighted by Gasteiger charge is 2.25. The summed E-state index contributed by atoms with van der Waals surface area (Å²) in [5.74, 6) is 0.762. The monoisotopic (exact) mass is 453 g/mol. The first-order valence-electron chi connectivity index (χ1n) is 10.9. The van der Waals surface area contributed by atoms with Crippen LogP contribution in [0, 0.1) is 6.92 Å².